The fourth-order valence-electron chi connectivity index (χ4n) is 0. The molecule has 0 aromatic rings. The second kappa shape index (κ2) is 5.37. The maximum absolute atomic E-state index is 10.9. The van der Waals surface area contributed by atoms with Crippen LogP contribution in [0.2, 0.25) is 0 Å². The van der Waals surface area contributed by atoms with Crippen LogP contribution in [-0.4, -0.2) is 6.18 Å². The van der Waals surface area contributed by atoms with Crippen LogP contribution in [0, 0.1) is 0 Å². The Balaban J connectivity index is 0. The van der Waals surface area contributed by atoms with Gasteiger partial charge in [0.1, 0.15) is 0 Å². The summed E-state index contributed by atoms with van der Waals surface area (Å²) in [6.07, 6.45) is -4.86. The Kier molecular flexibility index (Phi) is 7.32. The van der Waals surface area contributed by atoms with Gasteiger partial charge in [0.05, 0.1) is 0 Å². The predicted molar refractivity (Wildman–Crippen MR) is 23.2 cm³/mol. The fourth-order valence-corrected chi connectivity index (χ4v) is 0. The van der Waals surface area contributed by atoms with Crippen LogP contribution in [0.4, 0.5) is 17.6 Å². The zero-order chi connectivity index (χ0) is 8.08. The van der Waals surface area contributed by atoms with Crippen LogP contribution in [-0.2, 0) is 18.6 Å². The van der Waals surface area contributed by atoms with Crippen molar-refractivity contribution in [3.63, 3.8) is 0 Å². The molecular formula is C3H2F4PW. The Hall–Kier alpha value is 0.578. The van der Waals surface area contributed by atoms with Gasteiger partial charge < -0.3 is 0 Å². The first kappa shape index (κ1) is 12.3. The van der Waals surface area contributed by atoms with Crippen molar-refractivity contribution in [3.05, 3.63) is 12.4 Å². The topological polar surface area (TPSA) is 0 Å². The standard InChI is InChI=1S/C3H2F4.P.W/c1-2(4)3(5,6)7;;/h1H2;;. The van der Waals surface area contributed by atoms with Crippen molar-refractivity contribution in [3.8, 4) is 0 Å². The van der Waals surface area contributed by atoms with Crippen LogP contribution in [0.3, 0.4) is 0 Å². The van der Waals surface area contributed by atoms with E-state index in [-0.39, 0.29) is 0 Å². The normalized spacial score (nSPS) is 9.11. The molecule has 0 atom stereocenters. The number of allylic oxidation sites excluding steroid dienone is 1. The van der Waals surface area contributed by atoms with E-state index in [1.165, 1.54) is 18.6 Å². The molecule has 0 aliphatic rings. The average Bonchev–Trinajstić information content (AvgIpc) is 1.69. The molecule has 0 aromatic heterocycles. The summed E-state index contributed by atoms with van der Waals surface area (Å²) >= 11 is 1.28. The van der Waals surface area contributed by atoms with Crippen molar-refractivity contribution in [1.29, 1.82) is 0 Å². The van der Waals surface area contributed by atoms with E-state index in [0.717, 1.165) is 0 Å². The molecule has 0 aliphatic carbocycles. The summed E-state index contributed by atoms with van der Waals surface area (Å²) in [4.78, 5) is 0. The molecule has 0 saturated heterocycles. The van der Waals surface area contributed by atoms with Gasteiger partial charge in [-0.3, -0.25) is 0 Å². The van der Waals surface area contributed by atoms with Crippen LogP contribution in [0.15, 0.2) is 12.4 Å². The molecule has 9 heavy (non-hydrogen) atoms. The van der Waals surface area contributed by atoms with E-state index >= 15 is 0 Å². The number of alkyl halides is 3. The SMILES string of the molecule is C=C(F)C(F)(F)F.[P]#[W]. The van der Waals surface area contributed by atoms with Crippen LogP contribution >= 0.6 is 6.65 Å². The summed E-state index contributed by atoms with van der Waals surface area (Å²) in [5.74, 6) is -2.26. The number of halogens is 4. The summed E-state index contributed by atoms with van der Waals surface area (Å²) in [6.45, 7) is 5.65. The molecule has 0 heterocycles. The molecule has 0 saturated carbocycles. The van der Waals surface area contributed by atoms with E-state index < -0.39 is 12.0 Å². The van der Waals surface area contributed by atoms with Crippen molar-refractivity contribution >= 4 is 6.65 Å². The van der Waals surface area contributed by atoms with Gasteiger partial charge in [-0.1, -0.05) is 6.58 Å². The minimum absolute atomic E-state index is 1.28. The van der Waals surface area contributed by atoms with Crippen molar-refractivity contribution in [2.75, 3.05) is 0 Å². The van der Waals surface area contributed by atoms with Crippen molar-refractivity contribution in [2.45, 2.75) is 6.18 Å². The average molecular weight is 329 g/mol. The van der Waals surface area contributed by atoms with Gasteiger partial charge in [-0.25, -0.2) is 4.39 Å². The van der Waals surface area contributed by atoms with Gasteiger partial charge in [0.25, 0.3) is 0 Å². The number of hydrogen-bond acceptors (Lipinski definition) is 0. The Morgan fingerprint density at radius 1 is 1.33 bits per heavy atom. The zero-order valence-electron chi connectivity index (χ0n) is 4.07. The maximum atomic E-state index is 10.9. The van der Waals surface area contributed by atoms with Gasteiger partial charge in [0.2, 0.25) is 0 Å². The predicted octanol–water partition coefficient (Wildman–Crippen LogP) is 2.89. The minimum atomic E-state index is -4.86. The number of hydrogen-bond donors (Lipinski definition) is 0. The molecule has 0 unspecified atom stereocenters. The Labute approximate surface area is 61.9 Å². The van der Waals surface area contributed by atoms with E-state index in [4.69, 9.17) is 0 Å². The molecule has 0 N–H and O–H groups in total. The van der Waals surface area contributed by atoms with Gasteiger partial charge in [0, 0.05) is 0 Å². The molecule has 0 aliphatic heterocycles. The first-order valence-corrected chi connectivity index (χ1v) is 5.84. The quantitative estimate of drug-likeness (QED) is 0.474. The molecule has 0 amide bonds. The molecule has 6 heteroatoms. The van der Waals surface area contributed by atoms with Crippen molar-refractivity contribution in [1.82, 2.24) is 0 Å². The molecule has 0 radical (unpaired) electrons. The van der Waals surface area contributed by atoms with Gasteiger partial charge in [0.15, 0.2) is 5.83 Å². The summed E-state index contributed by atoms with van der Waals surface area (Å²) in [5.41, 5.74) is 0. The summed E-state index contributed by atoms with van der Waals surface area (Å²) in [6, 6.07) is 0. The summed E-state index contributed by atoms with van der Waals surface area (Å²) in [7, 11) is 0. The molecule has 53 valence electrons. The molecular weight excluding hydrogens is 327 g/mol. The number of rotatable bonds is 0. The van der Waals surface area contributed by atoms with E-state index in [1.54, 1.807) is 0 Å². The van der Waals surface area contributed by atoms with Crippen LogP contribution in [0.5, 0.6) is 0 Å². The van der Waals surface area contributed by atoms with Crippen LogP contribution in [0.1, 0.15) is 0 Å². The second-order valence-electron chi connectivity index (χ2n) is 0.903. The second-order valence-corrected chi connectivity index (χ2v) is 0.903. The molecule has 0 aromatic carbocycles. The first-order valence-electron chi connectivity index (χ1n) is 1.54. The molecule has 0 spiro atoms. The van der Waals surface area contributed by atoms with Gasteiger partial charge in [-0.15, -0.1) is 0 Å². The summed E-state index contributed by atoms with van der Waals surface area (Å²) in [5, 5.41) is 0. The Morgan fingerprint density at radius 2 is 1.44 bits per heavy atom. The monoisotopic (exact) mass is 329 g/mol. The first-order chi connectivity index (χ1) is 3.94. The Bertz CT molecular complexity index is 115. The van der Waals surface area contributed by atoms with E-state index in [2.05, 4.69) is 6.65 Å². The molecule has 0 nitrogen and oxygen atoms in total. The molecule has 0 bridgehead atoms. The van der Waals surface area contributed by atoms with E-state index in [9.17, 15) is 17.6 Å². The van der Waals surface area contributed by atoms with Crippen LogP contribution in [0.25, 0.3) is 0 Å². The van der Waals surface area contributed by atoms with Gasteiger partial charge in [-0.05, 0) is 0 Å². The van der Waals surface area contributed by atoms with Crippen molar-refractivity contribution < 1.29 is 36.1 Å². The van der Waals surface area contributed by atoms with E-state index in [1.807, 2.05) is 6.58 Å². The Morgan fingerprint density at radius 3 is 1.44 bits per heavy atom. The van der Waals surface area contributed by atoms with Gasteiger partial charge in [-0.2, -0.15) is 13.2 Å². The fraction of sp³-hybridized carbons (Fsp3) is 0.333. The molecule has 0 fully saturated rings. The van der Waals surface area contributed by atoms with E-state index in [0.29, 0.717) is 0 Å². The zero-order valence-corrected chi connectivity index (χ0v) is 7.90. The van der Waals surface area contributed by atoms with Gasteiger partial charge >= 0.3 is 31.4 Å². The third kappa shape index (κ3) is 8.58. The van der Waals surface area contributed by atoms with Crippen LogP contribution < -0.4 is 0 Å². The third-order valence-corrected chi connectivity index (χ3v) is 0.308. The molecule has 0 rings (SSSR count). The summed E-state index contributed by atoms with van der Waals surface area (Å²) < 4.78 is 43.0. The van der Waals surface area contributed by atoms with Crippen molar-refractivity contribution in [2.24, 2.45) is 0 Å². The third-order valence-electron chi connectivity index (χ3n) is 0.308.